The molecule has 0 heterocycles. The predicted molar refractivity (Wildman–Crippen MR) is 88.8 cm³/mol. The molecule has 0 radical (unpaired) electrons. The summed E-state index contributed by atoms with van der Waals surface area (Å²) in [7, 11) is 1.83. The Kier molecular flexibility index (Phi) is 16.1. The summed E-state index contributed by atoms with van der Waals surface area (Å²) in [5, 5.41) is 0. The van der Waals surface area contributed by atoms with E-state index in [1.165, 1.54) is 57.8 Å². The first-order valence-electron chi connectivity index (χ1n) is 8.63. The number of methoxy groups -OCH3 is 1. The van der Waals surface area contributed by atoms with E-state index in [2.05, 4.69) is 27.7 Å². The van der Waals surface area contributed by atoms with Gasteiger partial charge >= 0.3 is 0 Å². The third-order valence-electron chi connectivity index (χ3n) is 3.97. The monoisotopic (exact) mass is 272 g/mol. The van der Waals surface area contributed by atoms with Crippen molar-refractivity contribution in [2.75, 3.05) is 7.11 Å². The first-order chi connectivity index (χ1) is 9.08. The van der Waals surface area contributed by atoms with Gasteiger partial charge in [-0.05, 0) is 25.7 Å². The molecule has 1 unspecified atom stereocenters. The lowest BCUT2D eigenvalue weighted by Gasteiger charge is -2.27. The molecule has 1 heteroatoms. The average Bonchev–Trinajstić information content (AvgIpc) is 2.40. The van der Waals surface area contributed by atoms with E-state index in [9.17, 15) is 0 Å². The van der Waals surface area contributed by atoms with Crippen LogP contribution in [0.3, 0.4) is 0 Å². The summed E-state index contributed by atoms with van der Waals surface area (Å²) >= 11 is 0. The number of ether oxygens (including phenoxy) is 1. The van der Waals surface area contributed by atoms with Crippen molar-refractivity contribution in [3.05, 3.63) is 0 Å². The van der Waals surface area contributed by atoms with Crippen molar-refractivity contribution >= 4 is 0 Å². The minimum Gasteiger partial charge on any atom is -0.379 e. The molecule has 1 saturated carbocycles. The van der Waals surface area contributed by atoms with Gasteiger partial charge in [0.2, 0.25) is 0 Å². The molecule has 0 amide bonds. The molecular weight excluding hydrogens is 232 g/mol. The van der Waals surface area contributed by atoms with E-state index in [-0.39, 0.29) is 5.60 Å². The number of unbranched alkanes of at least 4 members (excludes halogenated alkanes) is 2. The zero-order valence-corrected chi connectivity index (χ0v) is 14.8. The van der Waals surface area contributed by atoms with Crippen LogP contribution in [0.4, 0.5) is 0 Å². The van der Waals surface area contributed by atoms with Crippen molar-refractivity contribution in [3.63, 3.8) is 0 Å². The first-order valence-corrected chi connectivity index (χ1v) is 8.63. The van der Waals surface area contributed by atoms with E-state index in [4.69, 9.17) is 4.74 Å². The van der Waals surface area contributed by atoms with Gasteiger partial charge in [-0.3, -0.25) is 0 Å². The summed E-state index contributed by atoms with van der Waals surface area (Å²) in [6.45, 7) is 13.0. The van der Waals surface area contributed by atoms with Crippen LogP contribution >= 0.6 is 0 Å². The Bertz CT molecular complexity index is 163. The molecule has 0 aliphatic heterocycles. The molecule has 0 bridgehead atoms. The van der Waals surface area contributed by atoms with Crippen LogP contribution in [-0.2, 0) is 4.74 Å². The number of hydrogen-bond donors (Lipinski definition) is 0. The van der Waals surface area contributed by atoms with Gasteiger partial charge in [0.1, 0.15) is 0 Å². The van der Waals surface area contributed by atoms with Crippen LogP contribution in [0.2, 0.25) is 0 Å². The zero-order chi connectivity index (χ0) is 15.1. The molecule has 1 rings (SSSR count). The van der Waals surface area contributed by atoms with Gasteiger partial charge < -0.3 is 4.74 Å². The van der Waals surface area contributed by atoms with Gasteiger partial charge in [0.15, 0.2) is 0 Å². The lowest BCUT2D eigenvalue weighted by Crippen LogP contribution is -2.26. The van der Waals surface area contributed by atoms with Crippen LogP contribution in [0.15, 0.2) is 0 Å². The standard InChI is InChI=1S/C11H24O.C5H10.C2H6/c1-5-7-8-10-11(3,12-4)9-6-2;1-5-3-2-4-5;1-2/h5-10H2,1-4H3;5H,2-4H2,1H3;1-2H3. The van der Waals surface area contributed by atoms with Gasteiger partial charge in [-0.1, -0.05) is 79.6 Å². The second kappa shape index (κ2) is 14.4. The second-order valence-electron chi connectivity index (χ2n) is 5.90. The van der Waals surface area contributed by atoms with Crippen LogP contribution < -0.4 is 0 Å². The lowest BCUT2D eigenvalue weighted by molar-refractivity contribution is -0.0105. The largest absolute Gasteiger partial charge is 0.379 e. The van der Waals surface area contributed by atoms with Crippen LogP contribution in [0, 0.1) is 5.92 Å². The van der Waals surface area contributed by atoms with Crippen molar-refractivity contribution < 1.29 is 4.74 Å². The Labute approximate surface area is 123 Å². The Balaban J connectivity index is 0. The van der Waals surface area contributed by atoms with Gasteiger partial charge in [0.25, 0.3) is 0 Å². The summed E-state index contributed by atoms with van der Waals surface area (Å²) in [5.41, 5.74) is 0.143. The summed E-state index contributed by atoms with van der Waals surface area (Å²) in [6.07, 6.45) is 12.0. The number of hydrogen-bond acceptors (Lipinski definition) is 1. The molecule has 0 aromatic rings. The van der Waals surface area contributed by atoms with E-state index in [0.717, 1.165) is 5.92 Å². The maximum atomic E-state index is 5.52. The van der Waals surface area contributed by atoms with Crippen molar-refractivity contribution in [2.24, 2.45) is 5.92 Å². The first kappa shape index (κ1) is 21.3. The summed E-state index contributed by atoms with van der Waals surface area (Å²) in [5.74, 6) is 1.06. The molecule has 19 heavy (non-hydrogen) atoms. The smallest absolute Gasteiger partial charge is 0.0650 e. The molecule has 0 saturated heterocycles. The van der Waals surface area contributed by atoms with Crippen LogP contribution in [-0.4, -0.2) is 12.7 Å². The Morgan fingerprint density at radius 1 is 1.00 bits per heavy atom. The van der Waals surface area contributed by atoms with Crippen LogP contribution in [0.25, 0.3) is 0 Å². The fourth-order valence-electron chi connectivity index (χ4n) is 2.22. The minimum atomic E-state index is 0.143. The summed E-state index contributed by atoms with van der Waals surface area (Å²) in [4.78, 5) is 0. The fourth-order valence-corrected chi connectivity index (χ4v) is 2.22. The fraction of sp³-hybridized carbons (Fsp3) is 1.00. The molecule has 0 N–H and O–H groups in total. The maximum absolute atomic E-state index is 5.52. The molecule has 1 atom stereocenters. The van der Waals surface area contributed by atoms with Gasteiger partial charge in [0, 0.05) is 7.11 Å². The molecule has 118 valence electrons. The highest BCUT2D eigenvalue weighted by atomic mass is 16.5. The molecule has 1 aliphatic carbocycles. The molecule has 0 spiro atoms. The Morgan fingerprint density at radius 3 is 1.79 bits per heavy atom. The molecule has 1 nitrogen and oxygen atoms in total. The Hall–Kier alpha value is -0.0400. The van der Waals surface area contributed by atoms with Gasteiger partial charge in [0.05, 0.1) is 5.60 Å². The van der Waals surface area contributed by atoms with E-state index in [1.807, 2.05) is 21.0 Å². The highest BCUT2D eigenvalue weighted by Gasteiger charge is 2.21. The van der Waals surface area contributed by atoms with Crippen molar-refractivity contribution in [2.45, 2.75) is 105 Å². The highest BCUT2D eigenvalue weighted by Crippen LogP contribution is 2.24. The van der Waals surface area contributed by atoms with Gasteiger partial charge in [-0.2, -0.15) is 0 Å². The molecule has 1 fully saturated rings. The SMILES string of the molecule is CC.CC1CCC1.CCCCCC(C)(CCC)OC. The quantitative estimate of drug-likeness (QED) is 0.474. The average molecular weight is 273 g/mol. The van der Waals surface area contributed by atoms with E-state index >= 15 is 0 Å². The van der Waals surface area contributed by atoms with Crippen molar-refractivity contribution in [1.29, 1.82) is 0 Å². The van der Waals surface area contributed by atoms with Crippen molar-refractivity contribution in [1.82, 2.24) is 0 Å². The number of rotatable bonds is 7. The van der Waals surface area contributed by atoms with E-state index in [1.54, 1.807) is 0 Å². The molecule has 0 aromatic heterocycles. The third kappa shape index (κ3) is 12.7. The normalized spacial score (nSPS) is 17.2. The summed E-state index contributed by atoms with van der Waals surface area (Å²) in [6, 6.07) is 0. The molecule has 0 aromatic carbocycles. The molecular formula is C18H40O. The minimum absolute atomic E-state index is 0.143. The van der Waals surface area contributed by atoms with E-state index < -0.39 is 0 Å². The third-order valence-corrected chi connectivity index (χ3v) is 3.97. The predicted octanol–water partition coefficient (Wildman–Crippen LogP) is 6.60. The topological polar surface area (TPSA) is 9.23 Å². The molecule has 1 aliphatic rings. The maximum Gasteiger partial charge on any atom is 0.0650 e. The lowest BCUT2D eigenvalue weighted by atomic mass is 9.88. The Morgan fingerprint density at radius 2 is 1.53 bits per heavy atom. The van der Waals surface area contributed by atoms with Crippen molar-refractivity contribution in [3.8, 4) is 0 Å². The van der Waals surface area contributed by atoms with Crippen LogP contribution in [0.5, 0.6) is 0 Å². The van der Waals surface area contributed by atoms with Crippen LogP contribution in [0.1, 0.15) is 99.3 Å². The van der Waals surface area contributed by atoms with Gasteiger partial charge in [-0.25, -0.2) is 0 Å². The highest BCUT2D eigenvalue weighted by molar-refractivity contribution is 4.73. The van der Waals surface area contributed by atoms with E-state index in [0.29, 0.717) is 0 Å². The van der Waals surface area contributed by atoms with Gasteiger partial charge in [-0.15, -0.1) is 0 Å². The summed E-state index contributed by atoms with van der Waals surface area (Å²) < 4.78 is 5.52. The zero-order valence-electron chi connectivity index (χ0n) is 14.8. The second-order valence-corrected chi connectivity index (χ2v) is 5.90.